The first kappa shape index (κ1) is 38.3. The molecular formula is C60H38N2S4. The SMILES string of the molecule is C1=C2c3ccccc3SC2CC(N(c2ccc(-c3ccc(N(c4ccc5c(c4)sc4ccccc45)c4ccc5c(c4)sc4ccccc45)cc3)cc2)c2ccc3c(c2)sc2ccccc23)=C1. The van der Waals surface area contributed by atoms with Gasteiger partial charge >= 0.3 is 0 Å². The van der Waals surface area contributed by atoms with E-state index in [1.54, 1.807) is 0 Å². The zero-order valence-electron chi connectivity index (χ0n) is 35.5. The topological polar surface area (TPSA) is 6.48 Å². The summed E-state index contributed by atoms with van der Waals surface area (Å²) >= 11 is 7.62. The molecule has 12 aromatic rings. The maximum Gasteiger partial charge on any atom is 0.0476 e. The number of anilines is 5. The normalized spacial score (nSPS) is 14.6. The number of allylic oxidation sites excluding steroid dienone is 3. The van der Waals surface area contributed by atoms with Crippen LogP contribution >= 0.6 is 45.8 Å². The number of benzene rings is 9. The van der Waals surface area contributed by atoms with E-state index in [2.05, 4.69) is 222 Å². The third-order valence-corrected chi connectivity index (χ3v) is 18.1. The summed E-state index contributed by atoms with van der Waals surface area (Å²) in [7, 11) is 0. The minimum Gasteiger partial charge on any atom is -0.314 e. The van der Waals surface area contributed by atoms with E-state index in [0.717, 1.165) is 23.5 Å². The van der Waals surface area contributed by atoms with E-state index in [-0.39, 0.29) is 0 Å². The lowest BCUT2D eigenvalue weighted by Crippen LogP contribution is -2.21. The second-order valence-corrected chi connectivity index (χ2v) is 21.7. The largest absolute Gasteiger partial charge is 0.314 e. The molecule has 1 aliphatic heterocycles. The van der Waals surface area contributed by atoms with E-state index in [1.807, 2.05) is 45.8 Å². The van der Waals surface area contributed by atoms with Crippen molar-refractivity contribution in [3.8, 4) is 11.1 Å². The van der Waals surface area contributed by atoms with Crippen LogP contribution < -0.4 is 9.80 Å². The van der Waals surface area contributed by atoms with Crippen LogP contribution in [0.1, 0.15) is 12.0 Å². The summed E-state index contributed by atoms with van der Waals surface area (Å²) in [6, 6.07) is 74.4. The van der Waals surface area contributed by atoms with Crippen LogP contribution in [0.2, 0.25) is 0 Å². The summed E-state index contributed by atoms with van der Waals surface area (Å²) in [5.41, 5.74) is 12.3. The van der Waals surface area contributed by atoms with Crippen LogP contribution in [0.15, 0.2) is 223 Å². The van der Waals surface area contributed by atoms with Gasteiger partial charge in [0.15, 0.2) is 0 Å². The first-order chi connectivity index (χ1) is 32.7. The summed E-state index contributed by atoms with van der Waals surface area (Å²) in [5, 5.41) is 8.29. The number of hydrogen-bond donors (Lipinski definition) is 0. The highest BCUT2D eigenvalue weighted by Gasteiger charge is 2.32. The van der Waals surface area contributed by atoms with E-state index in [0.29, 0.717) is 5.25 Å². The average Bonchev–Trinajstić information content (AvgIpc) is 4.14. The minimum absolute atomic E-state index is 0.397. The Morgan fingerprint density at radius 2 is 0.758 bits per heavy atom. The molecule has 0 fully saturated rings. The third-order valence-electron chi connectivity index (χ3n) is 13.4. The molecule has 2 nitrogen and oxygen atoms in total. The summed E-state index contributed by atoms with van der Waals surface area (Å²) < 4.78 is 7.87. The molecule has 0 spiro atoms. The molecule has 3 aromatic heterocycles. The Morgan fingerprint density at radius 3 is 1.27 bits per heavy atom. The quantitative estimate of drug-likeness (QED) is 0.157. The van der Waals surface area contributed by atoms with Gasteiger partial charge in [0.05, 0.1) is 0 Å². The number of hydrogen-bond acceptors (Lipinski definition) is 6. The second kappa shape index (κ2) is 15.3. The van der Waals surface area contributed by atoms with Gasteiger partial charge in [-0.25, -0.2) is 0 Å². The zero-order valence-corrected chi connectivity index (χ0v) is 38.8. The fourth-order valence-electron chi connectivity index (χ4n) is 10.3. The van der Waals surface area contributed by atoms with Gasteiger partial charge in [-0.15, -0.1) is 45.8 Å². The molecule has 0 bridgehead atoms. The Labute approximate surface area is 398 Å². The van der Waals surface area contributed by atoms with Crippen LogP contribution in [0.3, 0.4) is 0 Å². The van der Waals surface area contributed by atoms with Gasteiger partial charge in [-0.3, -0.25) is 0 Å². The third kappa shape index (κ3) is 6.28. The lowest BCUT2D eigenvalue weighted by Gasteiger charge is -2.31. The molecule has 312 valence electrons. The highest BCUT2D eigenvalue weighted by molar-refractivity contribution is 8.00. The standard InChI is InChI=1S/C60H38N2S4/c1-5-13-53-45(9-1)49-29-25-41(33-57(49)63-53)61(42-26-30-50-46-10-2-6-14-54(46)64-58(50)34-42)39-21-17-37(18-22-39)38-19-23-40(24-20-38)62(43-27-31-51-47-11-3-7-15-55(47)65-59(51)35-43)44-28-32-52-48-12-4-8-16-56(48)66-60(52)36-44/h1-35,60H,36H2. The van der Waals surface area contributed by atoms with E-state index >= 15 is 0 Å². The summed E-state index contributed by atoms with van der Waals surface area (Å²) in [5.74, 6) is 0. The Bertz CT molecular complexity index is 3850. The highest BCUT2D eigenvalue weighted by Crippen LogP contribution is 2.51. The number of thiophene rings is 3. The van der Waals surface area contributed by atoms with E-state index < -0.39 is 0 Å². The average molecular weight is 915 g/mol. The zero-order chi connectivity index (χ0) is 43.3. The fourth-order valence-corrected chi connectivity index (χ4v) is 15.0. The van der Waals surface area contributed by atoms with Crippen molar-refractivity contribution in [2.24, 2.45) is 0 Å². The Kier molecular flexibility index (Phi) is 8.91. The van der Waals surface area contributed by atoms with E-state index in [4.69, 9.17) is 0 Å². The van der Waals surface area contributed by atoms with Gasteiger partial charge in [0.2, 0.25) is 0 Å². The van der Waals surface area contributed by atoms with Gasteiger partial charge < -0.3 is 9.80 Å². The maximum atomic E-state index is 2.49. The van der Waals surface area contributed by atoms with Crippen LogP contribution in [0.5, 0.6) is 0 Å². The first-order valence-corrected chi connectivity index (χ1v) is 25.7. The van der Waals surface area contributed by atoms with Crippen LogP contribution in [0, 0.1) is 0 Å². The molecule has 4 heterocycles. The molecule has 1 aliphatic carbocycles. The van der Waals surface area contributed by atoms with E-state index in [9.17, 15) is 0 Å². The van der Waals surface area contributed by atoms with Crippen molar-refractivity contribution in [1.82, 2.24) is 0 Å². The van der Waals surface area contributed by atoms with Crippen molar-refractivity contribution in [2.75, 3.05) is 9.80 Å². The summed E-state index contributed by atoms with van der Waals surface area (Å²) in [6.45, 7) is 0. The Morgan fingerprint density at radius 1 is 0.348 bits per heavy atom. The molecule has 0 saturated carbocycles. The summed E-state index contributed by atoms with van der Waals surface area (Å²) in [6.07, 6.45) is 5.69. The van der Waals surface area contributed by atoms with Gasteiger partial charge in [-0.05, 0) is 113 Å². The molecule has 1 atom stereocenters. The van der Waals surface area contributed by atoms with Crippen LogP contribution in [-0.2, 0) is 0 Å². The van der Waals surface area contributed by atoms with Gasteiger partial charge in [-0.1, -0.05) is 121 Å². The molecule has 0 amide bonds. The van der Waals surface area contributed by atoms with Crippen molar-refractivity contribution in [3.63, 3.8) is 0 Å². The lowest BCUT2D eigenvalue weighted by atomic mass is 9.94. The number of rotatable bonds is 7. The molecule has 14 rings (SSSR count). The number of nitrogens with zero attached hydrogens (tertiary/aromatic N) is 2. The van der Waals surface area contributed by atoms with Gasteiger partial charge in [0.1, 0.15) is 0 Å². The van der Waals surface area contributed by atoms with Gasteiger partial charge in [0.25, 0.3) is 0 Å². The molecule has 0 radical (unpaired) electrons. The maximum absolute atomic E-state index is 2.49. The lowest BCUT2D eigenvalue weighted by molar-refractivity contribution is 0.950. The van der Waals surface area contributed by atoms with Crippen molar-refractivity contribution in [3.05, 3.63) is 224 Å². The molecular weight excluding hydrogens is 877 g/mol. The van der Waals surface area contributed by atoms with Crippen molar-refractivity contribution in [2.45, 2.75) is 16.6 Å². The van der Waals surface area contributed by atoms with Crippen molar-refractivity contribution in [1.29, 1.82) is 0 Å². The number of thioether (sulfide) groups is 1. The number of fused-ring (bicyclic) bond motifs is 12. The molecule has 2 aliphatic rings. The van der Waals surface area contributed by atoms with Crippen molar-refractivity contribution >= 4 is 140 Å². The summed E-state index contributed by atoms with van der Waals surface area (Å²) in [4.78, 5) is 6.30. The molecule has 66 heavy (non-hydrogen) atoms. The minimum atomic E-state index is 0.397. The van der Waals surface area contributed by atoms with Gasteiger partial charge in [-0.2, -0.15) is 0 Å². The van der Waals surface area contributed by atoms with Crippen LogP contribution in [0.4, 0.5) is 28.4 Å². The van der Waals surface area contributed by atoms with Gasteiger partial charge in [0, 0.05) is 111 Å². The van der Waals surface area contributed by atoms with Crippen LogP contribution in [0.25, 0.3) is 77.2 Å². The Hall–Kier alpha value is -6.93. The van der Waals surface area contributed by atoms with E-state index in [1.165, 1.54) is 105 Å². The Balaban J connectivity index is 0.833. The molecule has 9 aromatic carbocycles. The molecule has 0 saturated heterocycles. The second-order valence-electron chi connectivity index (χ2n) is 17.2. The predicted molar refractivity (Wildman–Crippen MR) is 291 cm³/mol. The molecule has 1 unspecified atom stereocenters. The molecule has 0 N–H and O–H groups in total. The van der Waals surface area contributed by atoms with Crippen LogP contribution in [-0.4, -0.2) is 5.25 Å². The van der Waals surface area contributed by atoms with Crippen molar-refractivity contribution < 1.29 is 0 Å². The first-order valence-electron chi connectivity index (χ1n) is 22.4. The highest BCUT2D eigenvalue weighted by atomic mass is 32.2. The predicted octanol–water partition coefficient (Wildman–Crippen LogP) is 18.9. The monoisotopic (exact) mass is 914 g/mol. The smallest absolute Gasteiger partial charge is 0.0476 e. The molecule has 6 heteroatoms. The fraction of sp³-hybridized carbons (Fsp3) is 0.0333.